The predicted molar refractivity (Wildman–Crippen MR) is 47.1 cm³/mol. The summed E-state index contributed by atoms with van der Waals surface area (Å²) in [5.41, 5.74) is -2.42. The third kappa shape index (κ3) is 0.796. The third-order valence-electron chi connectivity index (χ3n) is 4.31. The molecule has 2 bridgehead atoms. The number of carbonyl (C=O) groups excluding carboxylic acids is 1. The van der Waals surface area contributed by atoms with Crippen LogP contribution in [0.15, 0.2) is 0 Å². The standard InChI is InChI=1S/C10H16O3/c1-8(2)6-4-10(8,13)5-7(11)9(6,3)12/h6,12-13H,4-5H2,1-3H3/t6-,9-,10+/m1/s1. The van der Waals surface area contributed by atoms with Crippen molar-refractivity contribution in [3.63, 3.8) is 0 Å². The van der Waals surface area contributed by atoms with Crippen molar-refractivity contribution in [2.45, 2.75) is 44.8 Å². The van der Waals surface area contributed by atoms with E-state index in [4.69, 9.17) is 0 Å². The van der Waals surface area contributed by atoms with E-state index < -0.39 is 11.2 Å². The highest BCUT2D eigenvalue weighted by Gasteiger charge is 2.70. The molecule has 0 amide bonds. The Morgan fingerprint density at radius 2 is 1.85 bits per heavy atom. The van der Waals surface area contributed by atoms with Crippen molar-refractivity contribution < 1.29 is 15.0 Å². The Balaban J connectivity index is 2.40. The summed E-state index contributed by atoms with van der Waals surface area (Å²) < 4.78 is 0. The Hall–Kier alpha value is -0.410. The fourth-order valence-electron chi connectivity index (χ4n) is 2.89. The van der Waals surface area contributed by atoms with E-state index >= 15 is 0 Å². The smallest absolute Gasteiger partial charge is 0.167 e. The van der Waals surface area contributed by atoms with Gasteiger partial charge in [0.25, 0.3) is 0 Å². The molecule has 3 aliphatic carbocycles. The second-order valence-corrected chi connectivity index (χ2v) is 5.26. The van der Waals surface area contributed by atoms with Crippen LogP contribution < -0.4 is 0 Å². The molecular weight excluding hydrogens is 168 g/mol. The van der Waals surface area contributed by atoms with Crippen molar-refractivity contribution in [3.8, 4) is 0 Å². The highest BCUT2D eigenvalue weighted by atomic mass is 16.3. The Kier molecular flexibility index (Phi) is 1.40. The van der Waals surface area contributed by atoms with Crippen LogP contribution >= 0.6 is 0 Å². The van der Waals surface area contributed by atoms with Gasteiger partial charge in [-0.25, -0.2) is 0 Å². The fraction of sp³-hybridized carbons (Fsp3) is 0.900. The van der Waals surface area contributed by atoms with Gasteiger partial charge in [0.1, 0.15) is 5.60 Å². The Labute approximate surface area is 77.8 Å². The first-order chi connectivity index (χ1) is 5.72. The van der Waals surface area contributed by atoms with Crippen molar-refractivity contribution in [1.82, 2.24) is 0 Å². The van der Waals surface area contributed by atoms with Gasteiger partial charge in [0.2, 0.25) is 0 Å². The zero-order chi connectivity index (χ0) is 10.1. The third-order valence-corrected chi connectivity index (χ3v) is 4.31. The van der Waals surface area contributed by atoms with E-state index in [-0.39, 0.29) is 23.5 Å². The molecule has 0 radical (unpaired) electrons. The molecule has 0 aromatic heterocycles. The van der Waals surface area contributed by atoms with E-state index in [0.717, 1.165) is 0 Å². The van der Waals surface area contributed by atoms with E-state index in [1.807, 2.05) is 13.8 Å². The lowest BCUT2D eigenvalue weighted by molar-refractivity contribution is -0.268. The Morgan fingerprint density at radius 1 is 1.31 bits per heavy atom. The van der Waals surface area contributed by atoms with Crippen LogP contribution in [0.5, 0.6) is 0 Å². The molecule has 3 fully saturated rings. The molecule has 3 atom stereocenters. The van der Waals surface area contributed by atoms with Gasteiger partial charge in [-0.15, -0.1) is 0 Å². The minimum absolute atomic E-state index is 0.0914. The SMILES string of the molecule is CC1(C)[C@H]2C[C@]1(O)CC(=O)[C@]2(C)O. The van der Waals surface area contributed by atoms with E-state index in [0.29, 0.717) is 6.42 Å². The normalized spacial score (nSPS) is 53.0. The second kappa shape index (κ2) is 1.98. The fourth-order valence-corrected chi connectivity index (χ4v) is 2.89. The molecule has 0 aromatic rings. The average molecular weight is 184 g/mol. The summed E-state index contributed by atoms with van der Waals surface area (Å²) in [6.45, 7) is 5.41. The van der Waals surface area contributed by atoms with Gasteiger partial charge >= 0.3 is 0 Å². The summed E-state index contributed by atoms with van der Waals surface area (Å²) in [6, 6.07) is 0. The largest absolute Gasteiger partial charge is 0.389 e. The summed E-state index contributed by atoms with van der Waals surface area (Å²) >= 11 is 0. The van der Waals surface area contributed by atoms with E-state index in [1.165, 1.54) is 0 Å². The maximum Gasteiger partial charge on any atom is 0.167 e. The summed E-state index contributed by atoms with van der Waals surface area (Å²) in [4.78, 5) is 11.4. The number of Topliss-reactive ketones (excluding diaryl/α,β-unsaturated/α-hetero) is 1. The second-order valence-electron chi connectivity index (χ2n) is 5.26. The van der Waals surface area contributed by atoms with Crippen molar-refractivity contribution in [2.24, 2.45) is 11.3 Å². The van der Waals surface area contributed by atoms with Crippen molar-refractivity contribution in [3.05, 3.63) is 0 Å². The van der Waals surface area contributed by atoms with Gasteiger partial charge < -0.3 is 10.2 Å². The molecular formula is C10H16O3. The zero-order valence-electron chi connectivity index (χ0n) is 8.29. The molecule has 3 nitrogen and oxygen atoms in total. The molecule has 0 heterocycles. The van der Waals surface area contributed by atoms with Gasteiger partial charge in [0, 0.05) is 17.8 Å². The summed E-state index contributed by atoms with van der Waals surface area (Å²) in [5, 5.41) is 20.0. The molecule has 0 aromatic carbocycles. The van der Waals surface area contributed by atoms with Crippen LogP contribution in [0, 0.1) is 11.3 Å². The number of ketones is 1. The summed E-state index contributed by atoms with van der Waals surface area (Å²) in [7, 11) is 0. The van der Waals surface area contributed by atoms with Crippen molar-refractivity contribution >= 4 is 5.78 Å². The van der Waals surface area contributed by atoms with Crippen LogP contribution in [0.1, 0.15) is 33.6 Å². The molecule has 3 aliphatic rings. The Morgan fingerprint density at radius 3 is 2.23 bits per heavy atom. The lowest BCUT2D eigenvalue weighted by atomic mass is 9.41. The number of carbonyl (C=O) groups is 1. The Bertz CT molecular complexity index is 280. The highest BCUT2D eigenvalue weighted by Crippen LogP contribution is 2.63. The van der Waals surface area contributed by atoms with E-state index in [1.54, 1.807) is 6.92 Å². The molecule has 0 unspecified atom stereocenters. The number of fused-ring (bicyclic) bond motifs is 2. The quantitative estimate of drug-likeness (QED) is 0.576. The lowest BCUT2D eigenvalue weighted by Gasteiger charge is -2.66. The van der Waals surface area contributed by atoms with E-state index in [2.05, 4.69) is 0 Å². The average Bonchev–Trinajstić information content (AvgIpc) is 1.97. The number of hydrogen-bond acceptors (Lipinski definition) is 3. The number of aliphatic hydroxyl groups is 2. The molecule has 74 valence electrons. The van der Waals surface area contributed by atoms with Crippen LogP contribution in [0.4, 0.5) is 0 Å². The first-order valence-corrected chi connectivity index (χ1v) is 4.70. The predicted octanol–water partition coefficient (Wildman–Crippen LogP) is 0.487. The number of hydrogen-bond donors (Lipinski definition) is 2. The topological polar surface area (TPSA) is 57.5 Å². The van der Waals surface area contributed by atoms with Crippen LogP contribution in [-0.2, 0) is 4.79 Å². The molecule has 13 heavy (non-hydrogen) atoms. The summed E-state index contributed by atoms with van der Waals surface area (Å²) in [5.74, 6) is -0.308. The van der Waals surface area contributed by atoms with Gasteiger partial charge in [-0.1, -0.05) is 13.8 Å². The molecule has 3 rings (SSSR count). The highest BCUT2D eigenvalue weighted by molar-refractivity contribution is 5.90. The molecule has 0 aliphatic heterocycles. The van der Waals surface area contributed by atoms with Crippen molar-refractivity contribution in [1.29, 1.82) is 0 Å². The number of rotatable bonds is 0. The zero-order valence-corrected chi connectivity index (χ0v) is 8.29. The molecule has 3 saturated carbocycles. The van der Waals surface area contributed by atoms with Gasteiger partial charge in [0.05, 0.1) is 5.60 Å². The lowest BCUT2D eigenvalue weighted by Crippen LogP contribution is -2.74. The van der Waals surface area contributed by atoms with Crippen LogP contribution in [0.3, 0.4) is 0 Å². The maximum atomic E-state index is 11.4. The van der Waals surface area contributed by atoms with E-state index in [9.17, 15) is 15.0 Å². The van der Waals surface area contributed by atoms with Gasteiger partial charge in [-0.05, 0) is 13.3 Å². The molecule has 3 heteroatoms. The molecule has 0 spiro atoms. The van der Waals surface area contributed by atoms with Gasteiger partial charge in [-0.3, -0.25) is 4.79 Å². The van der Waals surface area contributed by atoms with Gasteiger partial charge in [-0.2, -0.15) is 0 Å². The first-order valence-electron chi connectivity index (χ1n) is 4.70. The monoisotopic (exact) mass is 184 g/mol. The van der Waals surface area contributed by atoms with Crippen LogP contribution in [-0.4, -0.2) is 27.2 Å². The molecule has 2 N–H and O–H groups in total. The first kappa shape index (κ1) is 9.16. The minimum atomic E-state index is -1.23. The van der Waals surface area contributed by atoms with Gasteiger partial charge in [0.15, 0.2) is 5.78 Å². The van der Waals surface area contributed by atoms with Crippen LogP contribution in [0.25, 0.3) is 0 Å². The minimum Gasteiger partial charge on any atom is -0.389 e. The molecule has 0 saturated heterocycles. The van der Waals surface area contributed by atoms with Crippen molar-refractivity contribution in [2.75, 3.05) is 0 Å². The maximum absolute atomic E-state index is 11.4. The summed E-state index contributed by atoms with van der Waals surface area (Å²) in [6.07, 6.45) is 0.655. The van der Waals surface area contributed by atoms with Crippen LogP contribution in [0.2, 0.25) is 0 Å².